The van der Waals surface area contributed by atoms with E-state index in [2.05, 4.69) is 43.2 Å². The van der Waals surface area contributed by atoms with E-state index >= 15 is 0 Å². The van der Waals surface area contributed by atoms with Crippen molar-refractivity contribution in [2.75, 3.05) is 23.7 Å². The van der Waals surface area contributed by atoms with Crippen molar-refractivity contribution >= 4 is 33.7 Å². The molecule has 1 aliphatic rings. The predicted molar refractivity (Wildman–Crippen MR) is 106 cm³/mol. The summed E-state index contributed by atoms with van der Waals surface area (Å²) < 4.78 is 51.2. The molecule has 33 heavy (non-hydrogen) atoms. The number of amides is 2. The Hall–Kier alpha value is -3.43. The molecule has 3 N–H and O–H groups in total. The van der Waals surface area contributed by atoms with Gasteiger partial charge in [-0.3, -0.25) is 0 Å². The standard InChI is InChI=1S/C21H16F4N4O3.Co/c22-15-4-6-16(7-5-15)27-20(31)32-28-17-8-10-29(11-9-17)19(30)13-26-18-3-1-2-14(12-18)21(23,24)25;/h1-4,6,12,26H,8-11H2,(H,27,31);/p+1. The van der Waals surface area contributed by atoms with Gasteiger partial charge in [-0.25, -0.2) is 0 Å². The topological polar surface area (TPSA) is 84.6 Å². The summed E-state index contributed by atoms with van der Waals surface area (Å²) in [6.07, 6.45) is -4.59. The van der Waals surface area contributed by atoms with E-state index in [4.69, 9.17) is 4.84 Å². The summed E-state index contributed by atoms with van der Waals surface area (Å²) in [6.45, 7) is 0.556. The van der Waals surface area contributed by atoms with Crippen molar-refractivity contribution in [2.24, 2.45) is 0 Å². The minimum absolute atomic E-state index is 0.0858. The van der Waals surface area contributed by atoms with Crippen molar-refractivity contribution in [3.63, 3.8) is 0 Å². The zero-order valence-electron chi connectivity index (χ0n) is 16.8. The van der Waals surface area contributed by atoms with Crippen LogP contribution in [0.15, 0.2) is 36.4 Å². The minimum atomic E-state index is -4.50. The monoisotopic (exact) mass is 508 g/mol. The summed E-state index contributed by atoms with van der Waals surface area (Å²) in [5.41, 5.74) is 0.0824. The van der Waals surface area contributed by atoms with Crippen molar-refractivity contribution in [1.29, 1.82) is 0 Å². The number of carbonyl (C=O) groups excluding carboxylic acids is 2. The predicted octanol–water partition coefficient (Wildman–Crippen LogP) is 1.84. The summed E-state index contributed by atoms with van der Waals surface area (Å²) in [4.78, 5) is 30.7. The number of nitrogens with zero attached hydrogens (tertiary/aromatic N) is 1. The van der Waals surface area contributed by atoms with E-state index in [1.165, 1.54) is 23.1 Å². The molecule has 2 aromatic carbocycles. The number of hydrogen-bond donors (Lipinski definition) is 3. The number of benzene rings is 1. The number of nitrogens with one attached hydrogen (secondary N) is 3. The van der Waals surface area contributed by atoms with Gasteiger partial charge in [0.05, 0.1) is 0 Å². The Morgan fingerprint density at radius 3 is 2.45 bits per heavy atom. The van der Waals surface area contributed by atoms with Gasteiger partial charge >= 0.3 is 171 Å². The number of anilines is 2. The first-order valence-electron chi connectivity index (χ1n) is 9.53. The fourth-order valence-corrected chi connectivity index (χ4v) is 3.17. The molecular weight excluding hydrogens is 491 g/mol. The van der Waals surface area contributed by atoms with Crippen molar-refractivity contribution < 1.29 is 52.4 Å². The molecule has 12 heteroatoms. The molecule has 2 aromatic rings. The van der Waals surface area contributed by atoms with E-state index in [1.807, 2.05) is 0 Å². The van der Waals surface area contributed by atoms with Crippen LogP contribution < -0.4 is 15.8 Å². The van der Waals surface area contributed by atoms with Crippen molar-refractivity contribution in [1.82, 2.24) is 4.90 Å². The van der Waals surface area contributed by atoms with Gasteiger partial charge in [-0.05, 0) is 12.1 Å². The number of likely N-dealkylation sites (tertiary alicyclic amines) is 1. The Morgan fingerprint density at radius 1 is 1.09 bits per heavy atom. The molecule has 1 saturated heterocycles. The van der Waals surface area contributed by atoms with Gasteiger partial charge in [0.15, 0.2) is 5.82 Å². The van der Waals surface area contributed by atoms with E-state index in [1.54, 1.807) is 0 Å². The van der Waals surface area contributed by atoms with Crippen LogP contribution in [0.4, 0.5) is 33.7 Å². The zero-order chi connectivity index (χ0) is 24.0. The van der Waals surface area contributed by atoms with Gasteiger partial charge in [-0.2, -0.15) is 4.39 Å². The Labute approximate surface area is 193 Å². The molecule has 175 valence electrons. The van der Waals surface area contributed by atoms with E-state index in [0.717, 1.165) is 18.2 Å². The molecule has 1 aliphatic heterocycles. The fraction of sp³-hybridized carbons (Fsp3) is 0.238. The van der Waals surface area contributed by atoms with Crippen LogP contribution in [0.3, 0.4) is 0 Å². The van der Waals surface area contributed by atoms with Crippen LogP contribution >= 0.6 is 0 Å². The van der Waals surface area contributed by atoms with Gasteiger partial charge in [0, 0.05) is 0 Å². The van der Waals surface area contributed by atoms with Crippen LogP contribution in [0.5, 0.6) is 0 Å². The Bertz CT molecular complexity index is 1060. The molecule has 0 aliphatic carbocycles. The normalized spacial score (nSPS) is 13.6. The second-order valence-electron chi connectivity index (χ2n) is 6.85. The first-order chi connectivity index (χ1) is 15.6. The molecule has 2 amide bonds. The maximum atomic E-state index is 12.8. The molecule has 0 atom stereocenters. The summed E-state index contributed by atoms with van der Waals surface area (Å²) in [7, 11) is 0. The molecule has 3 rings (SSSR count). The van der Waals surface area contributed by atoms with Crippen molar-refractivity contribution in [2.45, 2.75) is 19.0 Å². The number of rotatable bonds is 5. The van der Waals surface area contributed by atoms with Gasteiger partial charge in [0.2, 0.25) is 0 Å². The number of hydrogen-bond acceptors (Lipinski definition) is 4. The van der Waals surface area contributed by atoms with Gasteiger partial charge in [0.1, 0.15) is 0 Å². The van der Waals surface area contributed by atoms with E-state index in [9.17, 15) is 27.2 Å². The van der Waals surface area contributed by atoms with E-state index in [-0.39, 0.29) is 29.0 Å². The Balaban J connectivity index is 1.47. The summed E-state index contributed by atoms with van der Waals surface area (Å²) in [5.74, 6) is -1.09. The first-order valence-corrected chi connectivity index (χ1v) is 10.1. The molecule has 7 nitrogen and oxygen atoms in total. The molecule has 1 heterocycles. The van der Waals surface area contributed by atoms with Crippen LogP contribution in [-0.4, -0.2) is 40.3 Å². The van der Waals surface area contributed by atoms with Crippen LogP contribution in [0.25, 0.3) is 0 Å². The average Bonchev–Trinajstić information content (AvgIpc) is 2.79. The molecule has 0 aromatic heterocycles. The van der Waals surface area contributed by atoms with Crippen LogP contribution in [0, 0.1) is 17.9 Å². The Morgan fingerprint density at radius 2 is 1.82 bits per heavy atom. The molecule has 0 saturated carbocycles. The van der Waals surface area contributed by atoms with Crippen molar-refractivity contribution in [3.8, 4) is 0 Å². The third-order valence-corrected chi connectivity index (χ3v) is 4.86. The third-order valence-electron chi connectivity index (χ3n) is 4.51. The number of piperidine rings is 1. The number of alkyl halides is 3. The average molecular weight is 508 g/mol. The summed E-state index contributed by atoms with van der Waals surface area (Å²) in [6, 6.07) is 11.4. The van der Waals surface area contributed by atoms with Crippen molar-refractivity contribution in [3.05, 3.63) is 59.9 Å². The van der Waals surface area contributed by atoms with Crippen LogP contribution in [0.2, 0.25) is 0 Å². The Kier molecular flexibility index (Phi) is 7.67. The summed E-state index contributed by atoms with van der Waals surface area (Å²) >= 11 is 4.16. The van der Waals surface area contributed by atoms with Crippen LogP contribution in [-0.2, 0) is 31.1 Å². The maximum absolute atomic E-state index is 12.8. The SMILES string of the molecule is O=C(Nc1c#cc(F)cc1)O[NH+]=C1CCN(C(=O)[C](=[Co])Nc2cccc(C(F)(F)F)c2)CC1. The first kappa shape index (κ1) is 24.2. The second-order valence-corrected chi connectivity index (χ2v) is 7.37. The third kappa shape index (κ3) is 7.03. The molecule has 1 fully saturated rings. The molecule has 0 bridgehead atoms. The molecule has 0 radical (unpaired) electrons. The van der Waals surface area contributed by atoms with Crippen LogP contribution in [0.1, 0.15) is 18.4 Å². The number of carbonyl (C=O) groups is 2. The number of halogens is 4. The van der Waals surface area contributed by atoms with Gasteiger partial charge in [-0.15, -0.1) is 0 Å². The van der Waals surface area contributed by atoms with Gasteiger partial charge in [-0.1, -0.05) is 0 Å². The second kappa shape index (κ2) is 10.5. The fourth-order valence-electron chi connectivity index (χ4n) is 2.85. The quantitative estimate of drug-likeness (QED) is 0.327. The van der Waals surface area contributed by atoms with E-state index in [0.29, 0.717) is 18.6 Å². The zero-order valence-corrected chi connectivity index (χ0v) is 17.9. The van der Waals surface area contributed by atoms with Gasteiger partial charge in [0.25, 0.3) is 0 Å². The van der Waals surface area contributed by atoms with Gasteiger partial charge < -0.3 is 0 Å². The molecule has 0 unspecified atom stereocenters. The molecular formula is C21H17CoF4N4O3+. The summed E-state index contributed by atoms with van der Waals surface area (Å²) in [5, 5.41) is 7.45. The molecule has 0 spiro atoms. The van der Waals surface area contributed by atoms with E-state index < -0.39 is 29.6 Å².